The van der Waals surface area contributed by atoms with Crippen molar-refractivity contribution >= 4 is 46.3 Å². The zero-order valence-electron chi connectivity index (χ0n) is 7.92. The fourth-order valence-corrected chi connectivity index (χ4v) is 1.57. The first-order valence-electron chi connectivity index (χ1n) is 4.35. The summed E-state index contributed by atoms with van der Waals surface area (Å²) in [4.78, 5) is 7.94. The van der Waals surface area contributed by atoms with E-state index < -0.39 is 0 Å². The highest BCUT2D eigenvalue weighted by molar-refractivity contribution is 6.42. The zero-order valence-corrected chi connectivity index (χ0v) is 10.2. The lowest BCUT2D eigenvalue weighted by Gasteiger charge is -2.06. The molecular formula is C10H6Cl3N3. The van der Waals surface area contributed by atoms with E-state index in [9.17, 15) is 0 Å². The molecule has 2 rings (SSSR count). The van der Waals surface area contributed by atoms with Gasteiger partial charge < -0.3 is 5.32 Å². The molecule has 0 aliphatic rings. The highest BCUT2D eigenvalue weighted by Crippen LogP contribution is 2.26. The average molecular weight is 275 g/mol. The van der Waals surface area contributed by atoms with Gasteiger partial charge in [0.15, 0.2) is 5.82 Å². The van der Waals surface area contributed by atoms with E-state index >= 15 is 0 Å². The molecule has 0 unspecified atom stereocenters. The largest absolute Gasteiger partial charge is 0.339 e. The summed E-state index contributed by atoms with van der Waals surface area (Å²) in [5.74, 6) is 0.547. The molecule has 3 nitrogen and oxygen atoms in total. The minimum atomic E-state index is 0.324. The molecule has 1 heterocycles. The van der Waals surface area contributed by atoms with E-state index in [2.05, 4.69) is 15.3 Å². The van der Waals surface area contributed by atoms with Crippen LogP contribution in [0.25, 0.3) is 0 Å². The summed E-state index contributed by atoms with van der Waals surface area (Å²) in [6.07, 6.45) is 3.02. The van der Waals surface area contributed by atoms with Gasteiger partial charge in [-0.25, -0.2) is 4.98 Å². The van der Waals surface area contributed by atoms with Crippen LogP contribution in [0.4, 0.5) is 11.5 Å². The second kappa shape index (κ2) is 4.87. The highest BCUT2D eigenvalue weighted by Gasteiger charge is 2.01. The monoisotopic (exact) mass is 273 g/mol. The van der Waals surface area contributed by atoms with Gasteiger partial charge in [-0.2, -0.15) is 0 Å². The van der Waals surface area contributed by atoms with Crippen molar-refractivity contribution in [2.45, 2.75) is 0 Å². The van der Waals surface area contributed by atoms with Crippen LogP contribution < -0.4 is 5.32 Å². The van der Waals surface area contributed by atoms with E-state index in [1.54, 1.807) is 24.4 Å². The van der Waals surface area contributed by atoms with Gasteiger partial charge >= 0.3 is 0 Å². The molecule has 0 atom stereocenters. The molecule has 0 aliphatic carbocycles. The number of anilines is 2. The Hall–Kier alpha value is -1.03. The molecule has 0 radical (unpaired) electrons. The number of halogens is 3. The van der Waals surface area contributed by atoms with E-state index in [0.29, 0.717) is 21.0 Å². The van der Waals surface area contributed by atoms with E-state index in [4.69, 9.17) is 34.8 Å². The first-order valence-corrected chi connectivity index (χ1v) is 5.48. The molecule has 0 spiro atoms. The Balaban J connectivity index is 2.24. The first kappa shape index (κ1) is 11.5. The molecule has 16 heavy (non-hydrogen) atoms. The van der Waals surface area contributed by atoms with Crippen LogP contribution in [0.5, 0.6) is 0 Å². The van der Waals surface area contributed by atoms with Crippen LogP contribution in [-0.4, -0.2) is 9.97 Å². The van der Waals surface area contributed by atoms with Gasteiger partial charge in [0.2, 0.25) is 0 Å². The predicted octanol–water partition coefficient (Wildman–Crippen LogP) is 4.18. The standard InChI is InChI=1S/C10H6Cl3N3/c11-7-2-1-6(3-8(7)12)15-10-5-14-4-9(13)16-10/h1-5H,(H,15,16). The summed E-state index contributed by atoms with van der Waals surface area (Å²) >= 11 is 17.4. The van der Waals surface area contributed by atoms with Gasteiger partial charge in [-0.3, -0.25) is 4.98 Å². The van der Waals surface area contributed by atoms with Crippen LogP contribution in [0.2, 0.25) is 15.2 Å². The lowest BCUT2D eigenvalue weighted by Crippen LogP contribution is -1.94. The average Bonchev–Trinajstić information content (AvgIpc) is 2.24. The summed E-state index contributed by atoms with van der Waals surface area (Å²) < 4.78 is 0. The molecule has 0 saturated heterocycles. The maximum absolute atomic E-state index is 5.88. The molecule has 0 fully saturated rings. The number of benzene rings is 1. The quantitative estimate of drug-likeness (QED) is 0.892. The maximum Gasteiger partial charge on any atom is 0.150 e. The maximum atomic E-state index is 5.88. The van der Waals surface area contributed by atoms with Crippen LogP contribution >= 0.6 is 34.8 Å². The van der Waals surface area contributed by atoms with Crippen molar-refractivity contribution in [3.05, 3.63) is 45.8 Å². The number of hydrogen-bond donors (Lipinski definition) is 1. The van der Waals surface area contributed by atoms with Gasteiger partial charge in [0.25, 0.3) is 0 Å². The fourth-order valence-electron chi connectivity index (χ4n) is 1.12. The number of aromatic nitrogens is 2. The molecule has 0 amide bonds. The van der Waals surface area contributed by atoms with Crippen LogP contribution in [0, 0.1) is 0 Å². The van der Waals surface area contributed by atoms with E-state index in [-0.39, 0.29) is 0 Å². The van der Waals surface area contributed by atoms with Crippen LogP contribution in [-0.2, 0) is 0 Å². The minimum absolute atomic E-state index is 0.324. The molecule has 0 bridgehead atoms. The molecule has 1 N–H and O–H groups in total. The van der Waals surface area contributed by atoms with E-state index in [0.717, 1.165) is 5.69 Å². The fraction of sp³-hybridized carbons (Fsp3) is 0. The SMILES string of the molecule is Clc1cncc(Nc2ccc(Cl)c(Cl)c2)n1. The van der Waals surface area contributed by atoms with Crippen LogP contribution in [0.1, 0.15) is 0 Å². The molecular weight excluding hydrogens is 268 g/mol. The topological polar surface area (TPSA) is 37.8 Å². The summed E-state index contributed by atoms with van der Waals surface area (Å²) in [5, 5.41) is 4.31. The second-order valence-corrected chi connectivity index (χ2v) is 4.18. The smallest absolute Gasteiger partial charge is 0.150 e. The summed E-state index contributed by atoms with van der Waals surface area (Å²) in [6.45, 7) is 0. The van der Waals surface area contributed by atoms with Crippen molar-refractivity contribution in [1.82, 2.24) is 9.97 Å². The third-order valence-electron chi connectivity index (χ3n) is 1.80. The molecule has 2 aromatic rings. The predicted molar refractivity (Wildman–Crippen MR) is 66.8 cm³/mol. The Morgan fingerprint density at radius 2 is 1.81 bits per heavy atom. The zero-order chi connectivity index (χ0) is 11.5. The van der Waals surface area contributed by atoms with Crippen molar-refractivity contribution in [2.24, 2.45) is 0 Å². The summed E-state index contributed by atoms with van der Waals surface area (Å²) in [6, 6.07) is 5.19. The third kappa shape index (κ3) is 2.76. The van der Waals surface area contributed by atoms with Crippen LogP contribution in [0.15, 0.2) is 30.6 Å². The third-order valence-corrected chi connectivity index (χ3v) is 2.72. The van der Waals surface area contributed by atoms with Crippen molar-refractivity contribution in [1.29, 1.82) is 0 Å². The highest BCUT2D eigenvalue weighted by atomic mass is 35.5. The molecule has 0 saturated carbocycles. The van der Waals surface area contributed by atoms with Crippen molar-refractivity contribution in [3.63, 3.8) is 0 Å². The molecule has 1 aromatic carbocycles. The summed E-state index contributed by atoms with van der Waals surface area (Å²) in [7, 11) is 0. The molecule has 82 valence electrons. The first-order chi connectivity index (χ1) is 7.65. The lowest BCUT2D eigenvalue weighted by atomic mass is 10.3. The van der Waals surface area contributed by atoms with Crippen molar-refractivity contribution < 1.29 is 0 Å². The van der Waals surface area contributed by atoms with Crippen molar-refractivity contribution in [3.8, 4) is 0 Å². The van der Waals surface area contributed by atoms with Gasteiger partial charge in [0.1, 0.15) is 5.15 Å². The molecule has 0 aliphatic heterocycles. The number of rotatable bonds is 2. The number of hydrogen-bond acceptors (Lipinski definition) is 3. The van der Waals surface area contributed by atoms with Gasteiger partial charge in [-0.1, -0.05) is 34.8 Å². The Morgan fingerprint density at radius 1 is 1.00 bits per heavy atom. The van der Waals surface area contributed by atoms with Gasteiger partial charge in [0, 0.05) is 5.69 Å². The number of nitrogens with one attached hydrogen (secondary N) is 1. The minimum Gasteiger partial charge on any atom is -0.339 e. The van der Waals surface area contributed by atoms with Gasteiger partial charge in [-0.15, -0.1) is 0 Å². The van der Waals surface area contributed by atoms with Crippen LogP contribution in [0.3, 0.4) is 0 Å². The molecule has 6 heteroatoms. The lowest BCUT2D eigenvalue weighted by molar-refractivity contribution is 1.20. The Kier molecular flexibility index (Phi) is 3.49. The Bertz CT molecular complexity index is 516. The van der Waals surface area contributed by atoms with Crippen molar-refractivity contribution in [2.75, 3.05) is 5.32 Å². The van der Waals surface area contributed by atoms with E-state index in [1.165, 1.54) is 6.20 Å². The molecule has 1 aromatic heterocycles. The Morgan fingerprint density at radius 3 is 2.50 bits per heavy atom. The Labute approximate surface area is 107 Å². The second-order valence-electron chi connectivity index (χ2n) is 2.98. The number of nitrogens with zero attached hydrogens (tertiary/aromatic N) is 2. The normalized spacial score (nSPS) is 10.2. The summed E-state index contributed by atoms with van der Waals surface area (Å²) in [5.41, 5.74) is 0.769. The van der Waals surface area contributed by atoms with E-state index in [1.807, 2.05) is 0 Å². The van der Waals surface area contributed by atoms with Gasteiger partial charge in [0.05, 0.1) is 22.4 Å². The van der Waals surface area contributed by atoms with Gasteiger partial charge in [-0.05, 0) is 18.2 Å².